The van der Waals surface area contributed by atoms with Crippen LogP contribution in [0.3, 0.4) is 0 Å². The Kier molecular flexibility index (Phi) is 3.70. The molecule has 2 aromatic rings. The molecular formula is C15H16N4OS. The molecule has 0 aliphatic heterocycles. The molecule has 1 aromatic carbocycles. The van der Waals surface area contributed by atoms with Crippen LogP contribution in [0.5, 0.6) is 5.88 Å². The molecule has 0 radical (unpaired) electrons. The fourth-order valence-electron chi connectivity index (χ4n) is 2.21. The van der Waals surface area contributed by atoms with Crippen molar-refractivity contribution in [2.24, 2.45) is 10.2 Å². The number of allylic oxidation sites excluding steroid dienone is 1. The topological polar surface area (TPSA) is 61.9 Å². The van der Waals surface area contributed by atoms with Crippen molar-refractivity contribution in [3.05, 3.63) is 36.9 Å². The van der Waals surface area contributed by atoms with Crippen molar-refractivity contribution < 1.29 is 5.11 Å². The first-order valence-electron chi connectivity index (χ1n) is 6.84. The molecule has 1 heterocycles. The van der Waals surface area contributed by atoms with E-state index in [0.717, 1.165) is 23.7 Å². The highest BCUT2D eigenvalue weighted by Gasteiger charge is 2.22. The molecule has 0 atom stereocenters. The number of hydrogen-bond acceptors (Lipinski definition) is 3. The second-order valence-electron chi connectivity index (χ2n) is 5.01. The van der Waals surface area contributed by atoms with Crippen LogP contribution in [0.25, 0.3) is 10.9 Å². The second-order valence-corrected chi connectivity index (χ2v) is 5.40. The Labute approximate surface area is 128 Å². The number of nitrogens with one attached hydrogen (secondary N) is 1. The van der Waals surface area contributed by atoms with Crippen molar-refractivity contribution in [3.63, 3.8) is 0 Å². The summed E-state index contributed by atoms with van der Waals surface area (Å²) in [5.74, 6) is 0.0778. The largest absolute Gasteiger partial charge is 0.493 e. The first kappa shape index (κ1) is 13.8. The molecular weight excluding hydrogens is 284 g/mol. The average molecular weight is 300 g/mol. The van der Waals surface area contributed by atoms with E-state index in [-0.39, 0.29) is 5.88 Å². The third-order valence-corrected chi connectivity index (χ3v) is 3.57. The lowest BCUT2D eigenvalue weighted by Crippen LogP contribution is -2.20. The molecule has 0 saturated heterocycles. The summed E-state index contributed by atoms with van der Waals surface area (Å²) in [7, 11) is 0. The molecule has 5 nitrogen and oxygen atoms in total. The van der Waals surface area contributed by atoms with Crippen LogP contribution in [0.2, 0.25) is 0 Å². The number of benzene rings is 1. The second kappa shape index (κ2) is 5.65. The van der Waals surface area contributed by atoms with Crippen LogP contribution in [-0.4, -0.2) is 20.8 Å². The van der Waals surface area contributed by atoms with Gasteiger partial charge in [0.1, 0.15) is 0 Å². The molecule has 0 spiro atoms. The molecule has 2 N–H and O–H groups in total. The minimum atomic E-state index is 0.0778. The first-order valence-corrected chi connectivity index (χ1v) is 7.25. The van der Waals surface area contributed by atoms with Crippen LogP contribution < -0.4 is 5.32 Å². The van der Waals surface area contributed by atoms with E-state index in [2.05, 4.69) is 22.1 Å². The van der Waals surface area contributed by atoms with Crippen molar-refractivity contribution in [2.45, 2.75) is 25.4 Å². The molecule has 1 aliphatic carbocycles. The number of aromatic nitrogens is 1. The lowest BCUT2D eigenvalue weighted by molar-refractivity contribution is 0.431. The summed E-state index contributed by atoms with van der Waals surface area (Å²) in [6.45, 7) is 4.22. The zero-order chi connectivity index (χ0) is 14.8. The van der Waals surface area contributed by atoms with Crippen LogP contribution in [-0.2, 0) is 6.54 Å². The maximum atomic E-state index is 10.3. The SMILES string of the molecule is C=CCn1c(O)c(N=NC(=S)NC2CC2)c2ccccc21. The molecule has 3 rings (SSSR count). The van der Waals surface area contributed by atoms with Gasteiger partial charge in [-0.1, -0.05) is 24.3 Å². The fourth-order valence-corrected chi connectivity index (χ4v) is 2.42. The quantitative estimate of drug-likeness (QED) is 0.514. The summed E-state index contributed by atoms with van der Waals surface area (Å²) in [4.78, 5) is 0. The van der Waals surface area contributed by atoms with Crippen molar-refractivity contribution in [2.75, 3.05) is 0 Å². The fraction of sp³-hybridized carbons (Fsp3) is 0.267. The molecule has 21 heavy (non-hydrogen) atoms. The maximum absolute atomic E-state index is 10.3. The van der Waals surface area contributed by atoms with Gasteiger partial charge in [0.15, 0.2) is 5.69 Å². The molecule has 1 aromatic heterocycles. The zero-order valence-corrected chi connectivity index (χ0v) is 12.3. The molecule has 1 aliphatic rings. The van der Waals surface area contributed by atoms with Crippen LogP contribution in [0.4, 0.5) is 5.69 Å². The maximum Gasteiger partial charge on any atom is 0.221 e. The van der Waals surface area contributed by atoms with Crippen molar-refractivity contribution in [1.29, 1.82) is 0 Å². The van der Waals surface area contributed by atoms with Crippen molar-refractivity contribution in [1.82, 2.24) is 9.88 Å². The molecule has 1 fully saturated rings. The Morgan fingerprint density at radius 1 is 1.48 bits per heavy atom. The molecule has 0 bridgehead atoms. The van der Waals surface area contributed by atoms with E-state index in [9.17, 15) is 5.11 Å². The number of azo groups is 1. The number of para-hydroxylation sites is 1. The summed E-state index contributed by atoms with van der Waals surface area (Å²) in [5, 5.41) is 22.8. The van der Waals surface area contributed by atoms with Crippen molar-refractivity contribution in [3.8, 4) is 5.88 Å². The van der Waals surface area contributed by atoms with E-state index in [1.165, 1.54) is 0 Å². The number of rotatable bonds is 4. The summed E-state index contributed by atoms with van der Waals surface area (Å²) in [5.41, 5.74) is 1.33. The number of thiocarbonyl (C=S) groups is 1. The van der Waals surface area contributed by atoms with Crippen LogP contribution >= 0.6 is 12.2 Å². The monoisotopic (exact) mass is 300 g/mol. The van der Waals surface area contributed by atoms with Gasteiger partial charge in [0.2, 0.25) is 11.0 Å². The van der Waals surface area contributed by atoms with Gasteiger partial charge in [0.25, 0.3) is 0 Å². The Morgan fingerprint density at radius 2 is 2.24 bits per heavy atom. The van der Waals surface area contributed by atoms with E-state index in [0.29, 0.717) is 23.4 Å². The summed E-state index contributed by atoms with van der Waals surface area (Å²) >= 11 is 5.12. The zero-order valence-electron chi connectivity index (χ0n) is 11.5. The number of aromatic hydroxyl groups is 1. The molecule has 6 heteroatoms. The smallest absolute Gasteiger partial charge is 0.221 e. The minimum Gasteiger partial charge on any atom is -0.493 e. The van der Waals surface area contributed by atoms with E-state index >= 15 is 0 Å². The molecule has 0 unspecified atom stereocenters. The van der Waals surface area contributed by atoms with Gasteiger partial charge in [-0.2, -0.15) is 0 Å². The van der Waals surface area contributed by atoms with Gasteiger partial charge >= 0.3 is 0 Å². The van der Waals surface area contributed by atoms with E-state index < -0.39 is 0 Å². The number of fused-ring (bicyclic) bond motifs is 1. The highest BCUT2D eigenvalue weighted by molar-refractivity contribution is 7.80. The lowest BCUT2D eigenvalue weighted by Gasteiger charge is -2.01. The number of nitrogens with zero attached hydrogens (tertiary/aromatic N) is 3. The van der Waals surface area contributed by atoms with Crippen LogP contribution in [0, 0.1) is 0 Å². The van der Waals surface area contributed by atoms with Gasteiger partial charge < -0.3 is 15.0 Å². The van der Waals surface area contributed by atoms with E-state index in [1.807, 2.05) is 24.3 Å². The summed E-state index contributed by atoms with van der Waals surface area (Å²) in [6.07, 6.45) is 3.98. The Hall–Kier alpha value is -2.21. The Balaban J connectivity index is 1.96. The highest BCUT2D eigenvalue weighted by Crippen LogP contribution is 2.38. The van der Waals surface area contributed by atoms with Crippen LogP contribution in [0.15, 0.2) is 47.1 Å². The van der Waals surface area contributed by atoms with E-state index in [4.69, 9.17) is 12.2 Å². The Bertz CT molecular complexity index is 731. The van der Waals surface area contributed by atoms with Crippen LogP contribution in [0.1, 0.15) is 12.8 Å². The normalized spacial score (nSPS) is 14.7. The van der Waals surface area contributed by atoms with Crippen molar-refractivity contribution >= 4 is 33.9 Å². The highest BCUT2D eigenvalue weighted by atomic mass is 32.1. The van der Waals surface area contributed by atoms with E-state index in [1.54, 1.807) is 10.6 Å². The van der Waals surface area contributed by atoms with Gasteiger partial charge in [-0.05, 0) is 31.1 Å². The van der Waals surface area contributed by atoms with Gasteiger partial charge in [0, 0.05) is 18.0 Å². The minimum absolute atomic E-state index is 0.0778. The Morgan fingerprint density at radius 3 is 2.95 bits per heavy atom. The molecule has 0 amide bonds. The number of hydrogen-bond donors (Lipinski definition) is 2. The van der Waals surface area contributed by atoms with Gasteiger partial charge in [-0.3, -0.25) is 0 Å². The molecule has 1 saturated carbocycles. The standard InChI is InChI=1S/C15H16N4OS/c1-2-9-19-12-6-4-3-5-11(12)13(14(19)20)17-18-15(21)16-10-7-8-10/h2-6,10,20H,1,7-9H2,(H,16,21). The summed E-state index contributed by atoms with van der Waals surface area (Å²) in [6, 6.07) is 8.09. The third-order valence-electron chi connectivity index (χ3n) is 3.37. The predicted molar refractivity (Wildman–Crippen MR) is 87.1 cm³/mol. The summed E-state index contributed by atoms with van der Waals surface area (Å²) < 4.78 is 1.74. The first-order chi connectivity index (χ1) is 10.2. The third kappa shape index (κ3) is 2.80. The average Bonchev–Trinajstić information content (AvgIpc) is 3.25. The van der Waals surface area contributed by atoms with Gasteiger partial charge in [-0.15, -0.1) is 16.8 Å². The lowest BCUT2D eigenvalue weighted by atomic mass is 10.2. The van der Waals surface area contributed by atoms with Gasteiger partial charge in [-0.25, -0.2) is 0 Å². The van der Waals surface area contributed by atoms with Gasteiger partial charge in [0.05, 0.1) is 5.52 Å². The molecule has 108 valence electrons. The predicted octanol–water partition coefficient (Wildman–Crippen LogP) is 3.65.